The third kappa shape index (κ3) is 2.67. The van der Waals surface area contributed by atoms with Gasteiger partial charge in [0.15, 0.2) is 9.84 Å². The van der Waals surface area contributed by atoms with Crippen molar-refractivity contribution in [1.29, 1.82) is 0 Å². The summed E-state index contributed by atoms with van der Waals surface area (Å²) in [5, 5.41) is 8.78. The Hall–Kier alpha value is -0.650. The summed E-state index contributed by atoms with van der Waals surface area (Å²) >= 11 is 0. The number of sulfone groups is 1. The monoisotopic (exact) mass is 224 g/mol. The van der Waals surface area contributed by atoms with Gasteiger partial charge in [0.05, 0.1) is 24.1 Å². The number of carboxylic acid groups (broad SMARTS) is 1. The highest BCUT2D eigenvalue weighted by Gasteiger charge is 2.37. The molecule has 2 atom stereocenters. The van der Waals surface area contributed by atoms with Crippen LogP contribution in [0, 0.1) is 11.8 Å². The largest absolute Gasteiger partial charge is 0.481 e. The van der Waals surface area contributed by atoms with Crippen LogP contribution in [0.2, 0.25) is 0 Å². The van der Waals surface area contributed by atoms with Gasteiger partial charge in [0.25, 0.3) is 0 Å². The lowest BCUT2D eigenvalue weighted by atomic mass is 9.88. The average Bonchev–Trinajstić information content (AvgIpc) is 2.08. The molecule has 1 fully saturated rings. The smallest absolute Gasteiger partial charge is 0.307 e. The summed E-state index contributed by atoms with van der Waals surface area (Å²) in [6.45, 7) is -0.589. The molecule has 14 heavy (non-hydrogen) atoms. The Morgan fingerprint density at radius 2 is 2.14 bits per heavy atom. The third-order valence-electron chi connectivity index (χ3n) is 2.60. The molecule has 0 spiro atoms. The van der Waals surface area contributed by atoms with Crippen LogP contribution in [-0.4, -0.2) is 37.7 Å². The molecular weight excluding hydrogens is 211 g/mol. The number of hydrogen-bond acceptors (Lipinski definition) is 3. The van der Waals surface area contributed by atoms with Crippen molar-refractivity contribution in [2.24, 2.45) is 11.8 Å². The molecule has 0 aliphatic carbocycles. The quantitative estimate of drug-likeness (QED) is 0.757. The zero-order chi connectivity index (χ0) is 10.8. The Bertz CT molecular complexity index is 311. The Morgan fingerprint density at radius 3 is 2.64 bits per heavy atom. The summed E-state index contributed by atoms with van der Waals surface area (Å²) < 4.78 is 34.4. The van der Waals surface area contributed by atoms with E-state index >= 15 is 0 Å². The van der Waals surface area contributed by atoms with E-state index in [9.17, 15) is 17.6 Å². The standard InChI is InChI=1S/C8H13FO4S/c9-3-1-6-2-4-14(12,13)5-7(6)8(10)11/h6-7H,1-5H2,(H,10,11). The molecule has 1 N–H and O–H groups in total. The molecule has 6 heteroatoms. The van der Waals surface area contributed by atoms with Crippen molar-refractivity contribution in [3.8, 4) is 0 Å². The van der Waals surface area contributed by atoms with Crippen molar-refractivity contribution in [3.63, 3.8) is 0 Å². The van der Waals surface area contributed by atoms with Crippen LogP contribution in [0.25, 0.3) is 0 Å². The topological polar surface area (TPSA) is 71.4 Å². The molecule has 0 saturated carbocycles. The number of hydrogen-bond donors (Lipinski definition) is 1. The lowest BCUT2D eigenvalue weighted by Gasteiger charge is -2.27. The average molecular weight is 224 g/mol. The van der Waals surface area contributed by atoms with Crippen LogP contribution in [0.15, 0.2) is 0 Å². The van der Waals surface area contributed by atoms with Crippen molar-refractivity contribution in [2.75, 3.05) is 18.2 Å². The number of rotatable bonds is 3. The maximum Gasteiger partial charge on any atom is 0.307 e. The first kappa shape index (κ1) is 11.4. The Morgan fingerprint density at radius 1 is 1.50 bits per heavy atom. The van der Waals surface area contributed by atoms with Gasteiger partial charge < -0.3 is 5.11 Å². The van der Waals surface area contributed by atoms with Gasteiger partial charge in [0.2, 0.25) is 0 Å². The minimum Gasteiger partial charge on any atom is -0.481 e. The molecule has 0 bridgehead atoms. The fourth-order valence-electron chi connectivity index (χ4n) is 1.78. The van der Waals surface area contributed by atoms with Crippen LogP contribution in [-0.2, 0) is 14.6 Å². The van der Waals surface area contributed by atoms with E-state index in [0.29, 0.717) is 0 Å². The van der Waals surface area contributed by atoms with Gasteiger partial charge in [0, 0.05) is 0 Å². The van der Waals surface area contributed by atoms with Crippen LogP contribution in [0.5, 0.6) is 0 Å². The molecule has 4 nitrogen and oxygen atoms in total. The van der Waals surface area contributed by atoms with Crippen molar-refractivity contribution >= 4 is 15.8 Å². The van der Waals surface area contributed by atoms with E-state index in [0.717, 1.165) is 0 Å². The predicted octanol–water partition coefficient (Wildman–Crippen LogP) is 0.482. The van der Waals surface area contributed by atoms with Gasteiger partial charge >= 0.3 is 5.97 Å². The first-order valence-electron chi connectivity index (χ1n) is 4.45. The highest BCUT2D eigenvalue weighted by molar-refractivity contribution is 7.91. The first-order valence-corrected chi connectivity index (χ1v) is 6.27. The van der Waals surface area contributed by atoms with Gasteiger partial charge in [0.1, 0.15) is 0 Å². The maximum absolute atomic E-state index is 12.1. The van der Waals surface area contributed by atoms with Gasteiger partial charge in [-0.15, -0.1) is 0 Å². The molecule has 82 valence electrons. The van der Waals surface area contributed by atoms with E-state index in [-0.39, 0.29) is 30.3 Å². The van der Waals surface area contributed by atoms with E-state index in [4.69, 9.17) is 5.11 Å². The number of carboxylic acids is 1. The van der Waals surface area contributed by atoms with Crippen molar-refractivity contribution in [1.82, 2.24) is 0 Å². The molecule has 0 radical (unpaired) electrons. The number of halogens is 1. The maximum atomic E-state index is 12.1. The lowest BCUT2D eigenvalue weighted by Crippen LogP contribution is -2.37. The van der Waals surface area contributed by atoms with Crippen molar-refractivity contribution in [2.45, 2.75) is 12.8 Å². The molecule has 0 aromatic heterocycles. The zero-order valence-electron chi connectivity index (χ0n) is 7.65. The number of carbonyl (C=O) groups is 1. The van der Waals surface area contributed by atoms with E-state index in [2.05, 4.69) is 0 Å². The van der Waals surface area contributed by atoms with E-state index in [1.54, 1.807) is 0 Å². The molecule has 0 aromatic carbocycles. The van der Waals surface area contributed by atoms with Gasteiger partial charge in [-0.1, -0.05) is 0 Å². The second-order valence-corrected chi connectivity index (χ2v) is 5.81. The Balaban J connectivity index is 2.75. The normalized spacial score (nSPS) is 31.2. The molecule has 1 saturated heterocycles. The second-order valence-electron chi connectivity index (χ2n) is 3.59. The highest BCUT2D eigenvalue weighted by Crippen LogP contribution is 2.28. The molecule has 2 unspecified atom stereocenters. The Kier molecular flexibility index (Phi) is 3.47. The number of aliphatic carboxylic acids is 1. The fourth-order valence-corrected chi connectivity index (χ4v) is 3.57. The van der Waals surface area contributed by atoms with Crippen LogP contribution in [0.3, 0.4) is 0 Å². The molecular formula is C8H13FO4S. The van der Waals surface area contributed by atoms with Gasteiger partial charge in [-0.05, 0) is 18.8 Å². The third-order valence-corrected chi connectivity index (χ3v) is 4.32. The van der Waals surface area contributed by atoms with Gasteiger partial charge in [-0.3, -0.25) is 9.18 Å². The Labute approximate surface area is 82.0 Å². The predicted molar refractivity (Wildman–Crippen MR) is 48.5 cm³/mol. The fraction of sp³-hybridized carbons (Fsp3) is 0.875. The van der Waals surface area contributed by atoms with E-state index in [1.165, 1.54) is 0 Å². The first-order chi connectivity index (χ1) is 6.46. The minimum atomic E-state index is -3.23. The van der Waals surface area contributed by atoms with Crippen molar-refractivity contribution in [3.05, 3.63) is 0 Å². The van der Waals surface area contributed by atoms with E-state index in [1.807, 2.05) is 0 Å². The molecule has 1 aliphatic rings. The minimum absolute atomic E-state index is 0.0125. The van der Waals surface area contributed by atoms with Crippen molar-refractivity contribution < 1.29 is 22.7 Å². The summed E-state index contributed by atoms with van der Waals surface area (Å²) in [5.41, 5.74) is 0. The molecule has 0 aromatic rings. The van der Waals surface area contributed by atoms with Crippen LogP contribution in [0.4, 0.5) is 4.39 Å². The zero-order valence-corrected chi connectivity index (χ0v) is 8.46. The molecule has 0 amide bonds. The van der Waals surface area contributed by atoms with E-state index < -0.39 is 28.4 Å². The summed E-state index contributed by atoms with van der Waals surface area (Å²) in [4.78, 5) is 10.7. The molecule has 1 heterocycles. The summed E-state index contributed by atoms with van der Waals surface area (Å²) in [6.07, 6.45) is 0.412. The van der Waals surface area contributed by atoms with Gasteiger partial charge in [-0.2, -0.15) is 0 Å². The van der Waals surface area contributed by atoms with Crippen LogP contribution < -0.4 is 0 Å². The second kappa shape index (κ2) is 4.25. The van der Waals surface area contributed by atoms with Crippen LogP contribution in [0.1, 0.15) is 12.8 Å². The molecule has 1 rings (SSSR count). The number of alkyl halides is 1. The lowest BCUT2D eigenvalue weighted by molar-refractivity contribution is -0.143. The summed E-state index contributed by atoms with van der Waals surface area (Å²) in [6, 6.07) is 0. The highest BCUT2D eigenvalue weighted by atomic mass is 32.2. The molecule has 1 aliphatic heterocycles. The van der Waals surface area contributed by atoms with Gasteiger partial charge in [-0.25, -0.2) is 8.42 Å². The summed E-state index contributed by atoms with van der Waals surface area (Å²) in [5.74, 6) is -2.74. The SMILES string of the molecule is O=C(O)C1CS(=O)(=O)CCC1CCF. The summed E-state index contributed by atoms with van der Waals surface area (Å²) in [7, 11) is -3.23. The van der Waals surface area contributed by atoms with Crippen LogP contribution >= 0.6 is 0 Å².